The largest absolute Gasteiger partial charge is 0.460 e. The number of anilines is 1. The summed E-state index contributed by atoms with van der Waals surface area (Å²) in [5.41, 5.74) is 15.1. The number of fused-ring (bicyclic) bond motifs is 22. The minimum Gasteiger partial charge on any atom is -0.460 e. The van der Waals surface area contributed by atoms with Gasteiger partial charge in [0, 0.05) is 34.4 Å². The van der Waals surface area contributed by atoms with E-state index in [0.717, 1.165) is 36.5 Å². The van der Waals surface area contributed by atoms with E-state index in [4.69, 9.17) is 4.42 Å². The van der Waals surface area contributed by atoms with E-state index in [1.807, 2.05) is 0 Å². The number of rotatable bonds is 3. The molecule has 4 aromatic rings. The Kier molecular flexibility index (Phi) is 7.85. The van der Waals surface area contributed by atoms with E-state index in [1.165, 1.54) is 73.6 Å². The van der Waals surface area contributed by atoms with Crippen LogP contribution >= 0.6 is 0 Å². The summed E-state index contributed by atoms with van der Waals surface area (Å²) in [7, 11) is 0. The highest BCUT2D eigenvalue weighted by atomic mass is 16.3. The molecular formula is C62H59NO. The first kappa shape index (κ1) is 36.9. The summed E-state index contributed by atoms with van der Waals surface area (Å²) in [5, 5.41) is 1.31. The Labute approximate surface area is 379 Å². The van der Waals surface area contributed by atoms with Gasteiger partial charge in [-0.3, -0.25) is 0 Å². The Balaban J connectivity index is 0.935. The standard InChI is InChI=1S/C62H59NO/c1-8-24-47-39(17-1)40-18-2-9-25-48(40)61(47)52-29-13-6-22-45(52)59-53(61)30-15-31-55(59)63(56-32-16-34-58-60(56)46-23-7-14-33-57(46)64-58)38-35-36-44-43-21-5-12-28-51(43)62(54(44)37-38)49-26-10-3-19-41(49)42-20-4-11-27-50(42)62/h1-3,5-8,12-13,15-19,21-24,28-32,34-36,38-42,47-50,55,59H,4,9-11,14,20,25-27,33,37H2. The van der Waals surface area contributed by atoms with Gasteiger partial charge in [-0.2, -0.15) is 0 Å². The molecular weight excluding hydrogens is 775 g/mol. The van der Waals surface area contributed by atoms with Gasteiger partial charge < -0.3 is 9.32 Å². The predicted molar refractivity (Wildman–Crippen MR) is 262 cm³/mol. The van der Waals surface area contributed by atoms with Crippen LogP contribution in [0.1, 0.15) is 104 Å². The first-order valence-corrected chi connectivity index (χ1v) is 25.5. The molecule has 0 radical (unpaired) electrons. The lowest BCUT2D eigenvalue weighted by Crippen LogP contribution is -2.49. The molecule has 13 atom stereocenters. The summed E-state index contributed by atoms with van der Waals surface area (Å²) in [6.07, 6.45) is 51.6. The molecule has 2 heteroatoms. The summed E-state index contributed by atoms with van der Waals surface area (Å²) in [6.45, 7) is 0. The van der Waals surface area contributed by atoms with Crippen molar-refractivity contribution in [1.82, 2.24) is 0 Å². The zero-order valence-electron chi connectivity index (χ0n) is 37.0. The molecule has 64 heavy (non-hydrogen) atoms. The van der Waals surface area contributed by atoms with Crippen molar-refractivity contribution in [2.75, 3.05) is 4.90 Å². The molecule has 318 valence electrons. The Morgan fingerprint density at radius 2 is 1.45 bits per heavy atom. The predicted octanol–water partition coefficient (Wildman–Crippen LogP) is 14.5. The third kappa shape index (κ3) is 4.54. The molecule has 0 amide bonds. The number of nitrogens with zero attached hydrogens (tertiary/aromatic N) is 1. The van der Waals surface area contributed by atoms with Crippen molar-refractivity contribution in [2.24, 2.45) is 47.3 Å². The summed E-state index contributed by atoms with van der Waals surface area (Å²) < 4.78 is 6.84. The van der Waals surface area contributed by atoms with E-state index < -0.39 is 0 Å². The van der Waals surface area contributed by atoms with Crippen LogP contribution < -0.4 is 4.90 Å². The van der Waals surface area contributed by atoms with E-state index in [-0.39, 0.29) is 28.8 Å². The van der Waals surface area contributed by atoms with Crippen molar-refractivity contribution in [3.05, 3.63) is 197 Å². The molecule has 3 saturated carbocycles. The summed E-state index contributed by atoms with van der Waals surface area (Å²) in [4.78, 5) is 2.97. The van der Waals surface area contributed by atoms with Gasteiger partial charge >= 0.3 is 0 Å². The van der Waals surface area contributed by atoms with E-state index in [0.29, 0.717) is 41.4 Å². The van der Waals surface area contributed by atoms with E-state index in [2.05, 4.69) is 163 Å². The van der Waals surface area contributed by atoms with Crippen LogP contribution in [0.15, 0.2) is 167 Å². The van der Waals surface area contributed by atoms with Crippen molar-refractivity contribution in [3.8, 4) is 0 Å². The SMILES string of the molecule is C1=CC2C3C=CCCC3C3(C4=CC=CC(N(c5cccc6oc7c(c56)C=CCC7)C5C=CC6=C(C5)C5(c7ccccc76)C6CCC=CC6C6CCCCC65)C4c4ccccc43)C2C=C1. The molecule has 11 aliphatic carbocycles. The van der Waals surface area contributed by atoms with Crippen LogP contribution in [-0.2, 0) is 17.3 Å². The lowest BCUT2D eigenvalue weighted by atomic mass is 9.58. The lowest BCUT2D eigenvalue weighted by molar-refractivity contribution is 0.200. The van der Waals surface area contributed by atoms with Crippen LogP contribution in [0.2, 0.25) is 0 Å². The Hall–Kier alpha value is -5.34. The quantitative estimate of drug-likeness (QED) is 0.191. The Bertz CT molecular complexity index is 2940. The molecule has 2 nitrogen and oxygen atoms in total. The molecule has 0 saturated heterocycles. The van der Waals surface area contributed by atoms with Crippen LogP contribution in [0.4, 0.5) is 5.69 Å². The fourth-order valence-electron chi connectivity index (χ4n) is 17.9. The zero-order valence-corrected chi connectivity index (χ0v) is 37.0. The minimum absolute atomic E-state index is 0.0283. The minimum atomic E-state index is -0.0283. The van der Waals surface area contributed by atoms with Crippen molar-refractivity contribution in [1.29, 1.82) is 0 Å². The highest BCUT2D eigenvalue weighted by Gasteiger charge is 2.67. The third-order valence-corrected chi connectivity index (χ3v) is 19.6. The lowest BCUT2D eigenvalue weighted by Gasteiger charge is -2.49. The van der Waals surface area contributed by atoms with Gasteiger partial charge in [-0.1, -0.05) is 159 Å². The summed E-state index contributed by atoms with van der Waals surface area (Å²) in [6, 6.07) is 26.9. The molecule has 0 bridgehead atoms. The van der Waals surface area contributed by atoms with E-state index in [9.17, 15) is 0 Å². The van der Waals surface area contributed by atoms with Gasteiger partial charge in [0.1, 0.15) is 11.3 Å². The molecule has 1 heterocycles. The molecule has 13 unspecified atom stereocenters. The van der Waals surface area contributed by atoms with Gasteiger partial charge in [0.05, 0.1) is 17.5 Å². The smallest absolute Gasteiger partial charge is 0.137 e. The third-order valence-electron chi connectivity index (χ3n) is 19.6. The van der Waals surface area contributed by atoms with Gasteiger partial charge in [-0.25, -0.2) is 0 Å². The molecule has 2 spiro atoms. The fraction of sp³-hybridized carbons (Fsp3) is 0.387. The highest BCUT2D eigenvalue weighted by molar-refractivity contribution is 6.00. The number of hydrogen-bond donors (Lipinski definition) is 0. The number of aryl methyl sites for hydroxylation is 1. The number of allylic oxidation sites excluding steroid dienone is 13. The van der Waals surface area contributed by atoms with E-state index in [1.54, 1.807) is 33.4 Å². The maximum atomic E-state index is 6.84. The second kappa shape index (κ2) is 13.6. The molecule has 0 N–H and O–H groups in total. The average molecular weight is 834 g/mol. The Morgan fingerprint density at radius 1 is 0.625 bits per heavy atom. The van der Waals surface area contributed by atoms with Crippen molar-refractivity contribution < 1.29 is 4.42 Å². The molecule has 1 aromatic heterocycles. The van der Waals surface area contributed by atoms with Gasteiger partial charge in [0.25, 0.3) is 0 Å². The fourth-order valence-corrected chi connectivity index (χ4v) is 17.9. The molecule has 3 aromatic carbocycles. The van der Waals surface area contributed by atoms with Gasteiger partial charge in [0.2, 0.25) is 0 Å². The van der Waals surface area contributed by atoms with Gasteiger partial charge in [0.15, 0.2) is 0 Å². The van der Waals surface area contributed by atoms with Crippen LogP contribution in [0.5, 0.6) is 0 Å². The summed E-state index contributed by atoms with van der Waals surface area (Å²) >= 11 is 0. The number of benzene rings is 3. The van der Waals surface area contributed by atoms with Crippen LogP contribution in [0.25, 0.3) is 22.6 Å². The monoisotopic (exact) mass is 833 g/mol. The summed E-state index contributed by atoms with van der Waals surface area (Å²) in [5.74, 6) is 6.37. The van der Waals surface area contributed by atoms with Crippen LogP contribution in [-0.4, -0.2) is 12.1 Å². The molecule has 3 fully saturated rings. The molecule has 15 rings (SSSR count). The maximum Gasteiger partial charge on any atom is 0.137 e. The highest BCUT2D eigenvalue weighted by Crippen LogP contribution is 2.72. The van der Waals surface area contributed by atoms with Crippen molar-refractivity contribution >= 4 is 28.3 Å². The van der Waals surface area contributed by atoms with Crippen LogP contribution in [0, 0.1) is 47.3 Å². The zero-order chi connectivity index (χ0) is 41.7. The maximum absolute atomic E-state index is 6.84. The Morgan fingerprint density at radius 3 is 2.39 bits per heavy atom. The molecule has 11 aliphatic rings. The number of hydrogen-bond acceptors (Lipinski definition) is 2. The van der Waals surface area contributed by atoms with Crippen LogP contribution in [0.3, 0.4) is 0 Å². The first-order valence-electron chi connectivity index (χ1n) is 25.5. The second-order valence-electron chi connectivity index (χ2n) is 21.6. The van der Waals surface area contributed by atoms with Crippen molar-refractivity contribution in [3.63, 3.8) is 0 Å². The van der Waals surface area contributed by atoms with Gasteiger partial charge in [-0.05, 0) is 150 Å². The number of furan rings is 1. The van der Waals surface area contributed by atoms with Crippen molar-refractivity contribution in [2.45, 2.75) is 99.5 Å². The van der Waals surface area contributed by atoms with E-state index >= 15 is 0 Å². The average Bonchev–Trinajstić information content (AvgIpc) is 4.13. The normalized spacial score (nSPS) is 38.4. The molecule has 0 aliphatic heterocycles. The topological polar surface area (TPSA) is 16.4 Å². The van der Waals surface area contributed by atoms with Gasteiger partial charge in [-0.15, -0.1) is 0 Å². The second-order valence-corrected chi connectivity index (χ2v) is 21.6. The first-order chi connectivity index (χ1) is 31.8.